The van der Waals surface area contributed by atoms with Gasteiger partial charge in [-0.25, -0.2) is 0 Å². The Morgan fingerprint density at radius 3 is 3.05 bits per heavy atom. The summed E-state index contributed by atoms with van der Waals surface area (Å²) >= 11 is 1.67. The predicted octanol–water partition coefficient (Wildman–Crippen LogP) is 3.46. The fraction of sp³-hybridized carbons (Fsp3) is 0.400. The number of carbonyl (C=O) groups is 1. The molecule has 102 valence electrons. The highest BCUT2D eigenvalue weighted by molar-refractivity contribution is 7.17. The monoisotopic (exact) mass is 277 g/mol. The topological polar surface area (TPSA) is 49.3 Å². The summed E-state index contributed by atoms with van der Waals surface area (Å²) in [6.07, 6.45) is 3.41. The van der Waals surface area contributed by atoms with Crippen LogP contribution in [0.15, 0.2) is 23.6 Å². The standard InChI is InChI=1S/C15H19NO2S/c1-2-3-4-15(18)16-8-7-11-10-19-14-6-5-12(17)9-13(11)14/h5-6,9-10,17H,2-4,7-8H2,1H3,(H,16,18). The largest absolute Gasteiger partial charge is 0.508 e. The zero-order chi connectivity index (χ0) is 13.7. The Labute approximate surface area is 117 Å². The zero-order valence-electron chi connectivity index (χ0n) is 11.1. The number of benzene rings is 1. The first kappa shape index (κ1) is 13.9. The van der Waals surface area contributed by atoms with Crippen molar-refractivity contribution in [1.82, 2.24) is 5.32 Å². The first-order valence-corrected chi connectivity index (χ1v) is 7.54. The Kier molecular flexibility index (Phi) is 4.80. The van der Waals surface area contributed by atoms with Gasteiger partial charge >= 0.3 is 0 Å². The van der Waals surface area contributed by atoms with E-state index in [-0.39, 0.29) is 5.91 Å². The molecule has 1 aromatic heterocycles. The molecular formula is C15H19NO2S. The van der Waals surface area contributed by atoms with E-state index in [4.69, 9.17) is 0 Å². The van der Waals surface area contributed by atoms with Crippen molar-refractivity contribution in [3.05, 3.63) is 29.1 Å². The minimum Gasteiger partial charge on any atom is -0.508 e. The minimum atomic E-state index is 0.129. The van der Waals surface area contributed by atoms with Gasteiger partial charge in [-0.2, -0.15) is 0 Å². The molecule has 0 fully saturated rings. The van der Waals surface area contributed by atoms with Crippen LogP contribution in [0.3, 0.4) is 0 Å². The van der Waals surface area contributed by atoms with Gasteiger partial charge in [-0.1, -0.05) is 13.3 Å². The van der Waals surface area contributed by atoms with Gasteiger partial charge in [-0.05, 0) is 47.4 Å². The quantitative estimate of drug-likeness (QED) is 0.849. The third kappa shape index (κ3) is 3.70. The smallest absolute Gasteiger partial charge is 0.220 e. The molecule has 1 aromatic carbocycles. The third-order valence-corrected chi connectivity index (χ3v) is 4.12. The average Bonchev–Trinajstić information content (AvgIpc) is 2.79. The van der Waals surface area contributed by atoms with E-state index in [1.165, 1.54) is 10.3 Å². The molecule has 0 bridgehead atoms. The van der Waals surface area contributed by atoms with Gasteiger partial charge in [0.2, 0.25) is 5.91 Å². The number of nitrogens with one attached hydrogen (secondary N) is 1. The first-order valence-electron chi connectivity index (χ1n) is 6.66. The maximum Gasteiger partial charge on any atom is 0.220 e. The summed E-state index contributed by atoms with van der Waals surface area (Å²) < 4.78 is 1.17. The minimum absolute atomic E-state index is 0.129. The van der Waals surface area contributed by atoms with E-state index < -0.39 is 0 Å². The van der Waals surface area contributed by atoms with Gasteiger partial charge in [0, 0.05) is 17.7 Å². The number of unbranched alkanes of at least 4 members (excludes halogenated alkanes) is 1. The van der Waals surface area contributed by atoms with Gasteiger partial charge in [0.05, 0.1) is 0 Å². The van der Waals surface area contributed by atoms with Crippen molar-refractivity contribution >= 4 is 27.3 Å². The highest BCUT2D eigenvalue weighted by Crippen LogP contribution is 2.29. The highest BCUT2D eigenvalue weighted by Gasteiger charge is 2.06. The molecule has 2 rings (SSSR count). The first-order chi connectivity index (χ1) is 9.20. The highest BCUT2D eigenvalue weighted by atomic mass is 32.1. The maximum absolute atomic E-state index is 11.5. The van der Waals surface area contributed by atoms with Crippen LogP contribution in [0.2, 0.25) is 0 Å². The molecule has 0 aliphatic rings. The van der Waals surface area contributed by atoms with E-state index in [0.29, 0.717) is 18.7 Å². The van der Waals surface area contributed by atoms with E-state index in [1.807, 2.05) is 6.07 Å². The van der Waals surface area contributed by atoms with Crippen LogP contribution in [0, 0.1) is 0 Å². The molecule has 2 N–H and O–H groups in total. The predicted molar refractivity (Wildman–Crippen MR) is 79.7 cm³/mol. The molecule has 0 atom stereocenters. The lowest BCUT2D eigenvalue weighted by molar-refractivity contribution is -0.121. The van der Waals surface area contributed by atoms with E-state index >= 15 is 0 Å². The number of carbonyl (C=O) groups excluding carboxylic acids is 1. The molecule has 0 aliphatic heterocycles. The van der Waals surface area contributed by atoms with Crippen molar-refractivity contribution in [3.8, 4) is 5.75 Å². The van der Waals surface area contributed by atoms with Gasteiger partial charge in [-0.3, -0.25) is 4.79 Å². The second-order valence-corrected chi connectivity index (χ2v) is 5.56. The van der Waals surface area contributed by atoms with Gasteiger partial charge in [0.25, 0.3) is 0 Å². The Hall–Kier alpha value is -1.55. The Morgan fingerprint density at radius 2 is 2.26 bits per heavy atom. The number of aromatic hydroxyl groups is 1. The van der Waals surface area contributed by atoms with Crippen LogP contribution in [-0.2, 0) is 11.2 Å². The molecule has 0 unspecified atom stereocenters. The number of fused-ring (bicyclic) bond motifs is 1. The van der Waals surface area contributed by atoms with Crippen molar-refractivity contribution in [2.45, 2.75) is 32.6 Å². The molecule has 0 aliphatic carbocycles. The van der Waals surface area contributed by atoms with Gasteiger partial charge < -0.3 is 10.4 Å². The van der Waals surface area contributed by atoms with Crippen molar-refractivity contribution in [3.63, 3.8) is 0 Å². The van der Waals surface area contributed by atoms with Crippen LogP contribution in [0.5, 0.6) is 5.75 Å². The number of thiophene rings is 1. The molecule has 1 heterocycles. The number of amides is 1. The summed E-state index contributed by atoms with van der Waals surface area (Å²) in [5, 5.41) is 15.6. The second kappa shape index (κ2) is 6.57. The van der Waals surface area contributed by atoms with Crippen molar-refractivity contribution < 1.29 is 9.90 Å². The summed E-state index contributed by atoms with van der Waals surface area (Å²) in [5.74, 6) is 0.420. The van der Waals surface area contributed by atoms with Crippen molar-refractivity contribution in [2.75, 3.05) is 6.54 Å². The lowest BCUT2D eigenvalue weighted by Crippen LogP contribution is -2.25. The summed E-state index contributed by atoms with van der Waals surface area (Å²) in [4.78, 5) is 11.5. The van der Waals surface area contributed by atoms with Crippen LogP contribution < -0.4 is 5.32 Å². The van der Waals surface area contributed by atoms with Crippen LogP contribution in [0.4, 0.5) is 0 Å². The molecule has 1 amide bonds. The summed E-state index contributed by atoms with van der Waals surface area (Å²) in [5.41, 5.74) is 1.19. The lowest BCUT2D eigenvalue weighted by atomic mass is 10.1. The van der Waals surface area contributed by atoms with E-state index in [9.17, 15) is 9.90 Å². The Morgan fingerprint density at radius 1 is 1.42 bits per heavy atom. The Balaban J connectivity index is 1.91. The maximum atomic E-state index is 11.5. The molecular weight excluding hydrogens is 258 g/mol. The van der Waals surface area contributed by atoms with E-state index in [0.717, 1.165) is 24.6 Å². The summed E-state index contributed by atoms with van der Waals surface area (Å²) in [6.45, 7) is 2.74. The SMILES string of the molecule is CCCCC(=O)NCCc1csc2ccc(O)cc12. The van der Waals surface area contributed by atoms with E-state index in [1.54, 1.807) is 23.5 Å². The molecule has 0 saturated carbocycles. The number of hydrogen-bond acceptors (Lipinski definition) is 3. The molecule has 2 aromatic rings. The van der Waals surface area contributed by atoms with Crippen LogP contribution in [0.1, 0.15) is 31.7 Å². The van der Waals surface area contributed by atoms with Crippen LogP contribution in [-0.4, -0.2) is 17.6 Å². The summed E-state index contributed by atoms with van der Waals surface area (Å²) in [6, 6.07) is 5.42. The van der Waals surface area contributed by atoms with Crippen LogP contribution >= 0.6 is 11.3 Å². The number of rotatable bonds is 6. The van der Waals surface area contributed by atoms with Gasteiger partial charge in [0.1, 0.15) is 5.75 Å². The lowest BCUT2D eigenvalue weighted by Gasteiger charge is -2.04. The fourth-order valence-electron chi connectivity index (χ4n) is 2.03. The molecule has 4 heteroatoms. The molecule has 0 radical (unpaired) electrons. The fourth-order valence-corrected chi connectivity index (χ4v) is 3.00. The summed E-state index contributed by atoms with van der Waals surface area (Å²) in [7, 11) is 0. The second-order valence-electron chi connectivity index (χ2n) is 4.64. The zero-order valence-corrected chi connectivity index (χ0v) is 11.9. The van der Waals surface area contributed by atoms with Crippen molar-refractivity contribution in [2.24, 2.45) is 0 Å². The normalized spacial score (nSPS) is 10.8. The molecule has 19 heavy (non-hydrogen) atoms. The number of hydrogen-bond donors (Lipinski definition) is 2. The average molecular weight is 277 g/mol. The molecule has 3 nitrogen and oxygen atoms in total. The number of phenolic OH excluding ortho intramolecular Hbond substituents is 1. The van der Waals surface area contributed by atoms with Gasteiger partial charge in [-0.15, -0.1) is 11.3 Å². The Bertz CT molecular complexity index is 562. The molecule has 0 spiro atoms. The van der Waals surface area contributed by atoms with Crippen LogP contribution in [0.25, 0.3) is 10.1 Å². The van der Waals surface area contributed by atoms with Gasteiger partial charge in [0.15, 0.2) is 0 Å². The number of phenols is 1. The van der Waals surface area contributed by atoms with Crippen molar-refractivity contribution in [1.29, 1.82) is 0 Å². The van der Waals surface area contributed by atoms with E-state index in [2.05, 4.69) is 17.6 Å². The molecule has 0 saturated heterocycles. The third-order valence-electron chi connectivity index (χ3n) is 3.11.